The largest absolute Gasteiger partial charge is 0.363 e. The first-order valence-corrected chi connectivity index (χ1v) is 9.26. The van der Waals surface area contributed by atoms with E-state index in [0.29, 0.717) is 5.39 Å². The molecule has 3 atom stereocenters. The van der Waals surface area contributed by atoms with Crippen LogP contribution in [0.4, 0.5) is 27.8 Å². The number of alkyl halides is 4. The van der Waals surface area contributed by atoms with Crippen LogP contribution in [0.1, 0.15) is 43.0 Å². The van der Waals surface area contributed by atoms with Gasteiger partial charge in [0.2, 0.25) is 6.43 Å². The van der Waals surface area contributed by atoms with Crippen LogP contribution in [0, 0.1) is 11.7 Å². The number of fused-ring (bicyclic) bond motifs is 1. The first-order chi connectivity index (χ1) is 14.3. The van der Waals surface area contributed by atoms with Gasteiger partial charge in [0.1, 0.15) is 18.0 Å². The molecule has 2 heterocycles. The highest BCUT2D eigenvalue weighted by Crippen LogP contribution is 2.46. The highest BCUT2D eigenvalue weighted by Gasteiger charge is 2.46. The van der Waals surface area contributed by atoms with E-state index in [0.717, 1.165) is 6.07 Å². The molecule has 3 aromatic rings. The van der Waals surface area contributed by atoms with Crippen molar-refractivity contribution in [2.45, 2.75) is 38.3 Å². The fourth-order valence-corrected chi connectivity index (χ4v) is 3.57. The van der Waals surface area contributed by atoms with Gasteiger partial charge in [-0.15, -0.1) is 0 Å². The Bertz CT molecular complexity index is 1150. The second-order valence-electron chi connectivity index (χ2n) is 7.26. The lowest BCUT2D eigenvalue weighted by Crippen LogP contribution is -2.20. The molecule has 0 bridgehead atoms. The average Bonchev–Trinajstić information content (AvgIpc) is 3.48. The zero-order chi connectivity index (χ0) is 21.6. The molecular weight excluding hydrogens is 407 g/mol. The molecule has 4 rings (SSSR count). The maximum atomic E-state index is 14.5. The molecule has 158 valence electrons. The topological polar surface area (TPSA) is 59.8 Å². The minimum absolute atomic E-state index is 0.0211. The van der Waals surface area contributed by atoms with Gasteiger partial charge in [0, 0.05) is 29.8 Å². The van der Waals surface area contributed by atoms with Crippen molar-refractivity contribution >= 4 is 16.7 Å². The minimum Gasteiger partial charge on any atom is -0.363 e. The summed E-state index contributed by atoms with van der Waals surface area (Å²) in [6.45, 7) is 1.57. The van der Waals surface area contributed by atoms with Crippen LogP contribution in [-0.2, 0) is 0 Å². The minimum atomic E-state index is -2.95. The van der Waals surface area contributed by atoms with E-state index < -0.39 is 47.8 Å². The van der Waals surface area contributed by atoms with Gasteiger partial charge in [-0.05, 0) is 13.3 Å². The second kappa shape index (κ2) is 7.66. The zero-order valence-electron chi connectivity index (χ0n) is 15.7. The third kappa shape index (κ3) is 3.61. The molecule has 1 saturated carbocycles. The molecule has 1 aromatic carbocycles. The molecule has 10 heteroatoms. The Morgan fingerprint density at radius 2 is 1.90 bits per heavy atom. The van der Waals surface area contributed by atoms with Gasteiger partial charge in [-0.2, -0.15) is 0 Å². The maximum Gasteiger partial charge on any atom is 0.266 e. The smallest absolute Gasteiger partial charge is 0.266 e. The third-order valence-corrected chi connectivity index (χ3v) is 5.30. The van der Waals surface area contributed by atoms with Crippen molar-refractivity contribution in [1.29, 1.82) is 0 Å². The molecule has 2 aromatic heterocycles. The van der Waals surface area contributed by atoms with Crippen molar-refractivity contribution in [3.63, 3.8) is 0 Å². The summed E-state index contributed by atoms with van der Waals surface area (Å²) in [5.41, 5.74) is -0.844. The summed E-state index contributed by atoms with van der Waals surface area (Å²) >= 11 is 0. The van der Waals surface area contributed by atoms with Crippen molar-refractivity contribution in [3.8, 4) is 0 Å². The first kappa shape index (κ1) is 20.2. The van der Waals surface area contributed by atoms with Crippen LogP contribution in [0.5, 0.6) is 0 Å². The third-order valence-electron chi connectivity index (χ3n) is 5.30. The van der Waals surface area contributed by atoms with Gasteiger partial charge in [-0.3, -0.25) is 4.79 Å². The van der Waals surface area contributed by atoms with Gasteiger partial charge < -0.3 is 9.88 Å². The van der Waals surface area contributed by atoms with Crippen molar-refractivity contribution in [1.82, 2.24) is 14.5 Å². The van der Waals surface area contributed by atoms with Gasteiger partial charge >= 0.3 is 0 Å². The van der Waals surface area contributed by atoms with E-state index in [2.05, 4.69) is 15.3 Å². The molecule has 0 amide bonds. The number of aromatic nitrogens is 3. The summed E-state index contributed by atoms with van der Waals surface area (Å²) in [5, 5.41) is 3.33. The van der Waals surface area contributed by atoms with Crippen LogP contribution in [0.15, 0.2) is 41.6 Å². The Morgan fingerprint density at radius 1 is 1.17 bits per heavy atom. The number of halogens is 5. The lowest BCUT2D eigenvalue weighted by atomic mass is 10.0. The van der Waals surface area contributed by atoms with E-state index in [1.807, 2.05) is 0 Å². The SMILES string of the molecule is C[C@@H](Nc1ncnc2cc(=O)n([C@@H]3C[C@H]3C(F)F)cc12)c1cccc(C(F)F)c1F. The highest BCUT2D eigenvalue weighted by molar-refractivity contribution is 5.88. The summed E-state index contributed by atoms with van der Waals surface area (Å²) in [6, 6.07) is 3.63. The van der Waals surface area contributed by atoms with E-state index >= 15 is 0 Å². The van der Waals surface area contributed by atoms with E-state index in [-0.39, 0.29) is 23.3 Å². The number of nitrogens with one attached hydrogen (secondary N) is 1. The van der Waals surface area contributed by atoms with Gasteiger partial charge in [0.05, 0.1) is 22.5 Å². The van der Waals surface area contributed by atoms with Gasteiger partial charge in [0.25, 0.3) is 12.0 Å². The Morgan fingerprint density at radius 3 is 2.57 bits per heavy atom. The predicted molar refractivity (Wildman–Crippen MR) is 100 cm³/mol. The normalized spacial score (nSPS) is 19.5. The fraction of sp³-hybridized carbons (Fsp3) is 0.350. The molecule has 0 radical (unpaired) electrons. The Balaban J connectivity index is 1.70. The lowest BCUT2D eigenvalue weighted by molar-refractivity contribution is 0.116. The molecule has 1 fully saturated rings. The fourth-order valence-electron chi connectivity index (χ4n) is 3.57. The summed E-state index contributed by atoms with van der Waals surface area (Å²) in [5.74, 6) is -1.66. The Labute approximate surface area is 167 Å². The monoisotopic (exact) mass is 424 g/mol. The second-order valence-corrected chi connectivity index (χ2v) is 7.26. The first-order valence-electron chi connectivity index (χ1n) is 9.26. The Hall–Kier alpha value is -3.04. The number of hydrogen-bond acceptors (Lipinski definition) is 4. The molecule has 1 N–H and O–H groups in total. The molecule has 30 heavy (non-hydrogen) atoms. The van der Waals surface area contributed by atoms with Crippen LogP contribution >= 0.6 is 0 Å². The summed E-state index contributed by atoms with van der Waals surface area (Å²) in [4.78, 5) is 20.4. The van der Waals surface area contributed by atoms with Crippen LogP contribution in [0.2, 0.25) is 0 Å². The molecule has 1 aliphatic rings. The molecule has 0 aliphatic heterocycles. The van der Waals surface area contributed by atoms with E-state index in [4.69, 9.17) is 0 Å². The highest BCUT2D eigenvalue weighted by atomic mass is 19.3. The predicted octanol–water partition coefficient (Wildman–Crippen LogP) is 4.87. The zero-order valence-corrected chi connectivity index (χ0v) is 15.7. The summed E-state index contributed by atoms with van der Waals surface area (Å²) < 4.78 is 67.5. The van der Waals surface area contributed by atoms with Crippen LogP contribution in [-0.4, -0.2) is 21.0 Å². The van der Waals surface area contributed by atoms with E-state index in [1.165, 1.54) is 35.3 Å². The molecule has 0 saturated heterocycles. The van der Waals surface area contributed by atoms with Gasteiger partial charge in [-0.25, -0.2) is 31.9 Å². The number of pyridine rings is 1. The van der Waals surface area contributed by atoms with E-state index in [1.54, 1.807) is 6.92 Å². The number of nitrogens with zero attached hydrogens (tertiary/aromatic N) is 3. The van der Waals surface area contributed by atoms with Crippen LogP contribution < -0.4 is 10.9 Å². The van der Waals surface area contributed by atoms with Crippen molar-refractivity contribution in [3.05, 3.63) is 64.1 Å². The molecule has 0 spiro atoms. The van der Waals surface area contributed by atoms with Crippen molar-refractivity contribution in [2.24, 2.45) is 5.92 Å². The van der Waals surface area contributed by atoms with Crippen molar-refractivity contribution < 1.29 is 22.0 Å². The van der Waals surface area contributed by atoms with Crippen molar-refractivity contribution in [2.75, 3.05) is 5.32 Å². The number of benzene rings is 1. The maximum absolute atomic E-state index is 14.5. The molecular formula is C20H17F5N4O. The van der Waals surface area contributed by atoms with Gasteiger partial charge in [-0.1, -0.05) is 18.2 Å². The van der Waals surface area contributed by atoms with Gasteiger partial charge in [0.15, 0.2) is 0 Å². The average molecular weight is 424 g/mol. The van der Waals surface area contributed by atoms with E-state index in [9.17, 15) is 26.7 Å². The number of rotatable bonds is 6. The quantitative estimate of drug-likeness (QED) is 0.574. The van der Waals surface area contributed by atoms with Crippen LogP contribution in [0.25, 0.3) is 10.9 Å². The number of anilines is 1. The summed E-state index contributed by atoms with van der Waals surface area (Å²) in [6.07, 6.45) is -2.67. The lowest BCUT2D eigenvalue weighted by Gasteiger charge is -2.18. The molecule has 1 aliphatic carbocycles. The molecule has 5 nitrogen and oxygen atoms in total. The standard InChI is InChI=1S/C20H17F5N4O/c1-9(10-3-2-4-11(17(10)21)18(22)23)28-20-13-7-29(15-5-12(15)19(24)25)16(30)6-14(13)26-8-27-20/h2-4,6-9,12,15,18-19H,5H2,1H3,(H,26,27,28)/t9-,12-,15-/m1/s1. The summed E-state index contributed by atoms with van der Waals surface area (Å²) in [7, 11) is 0. The molecule has 0 unspecified atom stereocenters. The number of hydrogen-bond donors (Lipinski definition) is 1. The Kier molecular flexibility index (Phi) is 5.17. The van der Waals surface area contributed by atoms with Crippen LogP contribution in [0.3, 0.4) is 0 Å².